The van der Waals surface area contributed by atoms with E-state index in [1.165, 1.54) is 11.3 Å². The Morgan fingerprint density at radius 2 is 2.18 bits per heavy atom. The Bertz CT molecular complexity index is 650. The first kappa shape index (κ1) is 15.2. The molecule has 0 aromatic carbocycles. The van der Waals surface area contributed by atoms with Gasteiger partial charge in [0.1, 0.15) is 11.5 Å². The second kappa shape index (κ2) is 6.58. The zero-order chi connectivity index (χ0) is 15.5. The first-order chi connectivity index (χ1) is 10.6. The molecule has 0 atom stereocenters. The van der Waals surface area contributed by atoms with Gasteiger partial charge in [-0.25, -0.2) is 9.97 Å². The minimum Gasteiger partial charge on any atom is -0.337 e. The lowest BCUT2D eigenvalue weighted by Gasteiger charge is -2.21. The summed E-state index contributed by atoms with van der Waals surface area (Å²) < 4.78 is 2.05. The Kier molecular flexibility index (Phi) is 4.54. The highest BCUT2D eigenvalue weighted by Gasteiger charge is 2.22. The number of thiazole rings is 1. The maximum atomic E-state index is 12.5. The molecule has 22 heavy (non-hydrogen) atoms. The van der Waals surface area contributed by atoms with Gasteiger partial charge in [0.15, 0.2) is 0 Å². The molecule has 6 nitrogen and oxygen atoms in total. The van der Waals surface area contributed by atoms with E-state index in [1.54, 1.807) is 0 Å². The number of hydrogen-bond acceptors (Lipinski definition) is 5. The molecule has 0 radical (unpaired) electrons. The predicted molar refractivity (Wildman–Crippen MR) is 85.9 cm³/mol. The lowest BCUT2D eigenvalue weighted by Crippen LogP contribution is -2.35. The summed E-state index contributed by atoms with van der Waals surface area (Å²) in [5.41, 5.74) is 0.583. The molecular formula is C15H21N5OS. The van der Waals surface area contributed by atoms with Crippen LogP contribution in [0.4, 0.5) is 0 Å². The molecule has 0 N–H and O–H groups in total. The van der Waals surface area contributed by atoms with Crippen molar-refractivity contribution in [1.29, 1.82) is 0 Å². The van der Waals surface area contributed by atoms with Crippen molar-refractivity contribution in [2.75, 3.05) is 26.2 Å². The van der Waals surface area contributed by atoms with Crippen LogP contribution < -0.4 is 0 Å². The number of aromatic nitrogens is 3. The molecule has 2 aromatic rings. The Morgan fingerprint density at radius 3 is 2.86 bits per heavy atom. The number of amides is 1. The third-order valence-electron chi connectivity index (χ3n) is 4.00. The molecule has 7 heteroatoms. The lowest BCUT2D eigenvalue weighted by molar-refractivity contribution is 0.0755. The van der Waals surface area contributed by atoms with Crippen molar-refractivity contribution in [3.05, 3.63) is 34.3 Å². The van der Waals surface area contributed by atoms with Gasteiger partial charge in [0.05, 0.1) is 11.6 Å². The molecule has 3 heterocycles. The molecule has 2 aromatic heterocycles. The summed E-state index contributed by atoms with van der Waals surface area (Å²) in [6, 6.07) is 0. The molecule has 0 saturated carbocycles. The Hall–Kier alpha value is -1.73. The smallest absolute Gasteiger partial charge is 0.273 e. The van der Waals surface area contributed by atoms with Gasteiger partial charge < -0.3 is 9.47 Å². The van der Waals surface area contributed by atoms with Crippen LogP contribution in [0, 0.1) is 6.92 Å². The highest BCUT2D eigenvalue weighted by Crippen LogP contribution is 2.13. The van der Waals surface area contributed by atoms with Crippen molar-refractivity contribution in [1.82, 2.24) is 24.3 Å². The van der Waals surface area contributed by atoms with E-state index in [-0.39, 0.29) is 5.91 Å². The third kappa shape index (κ3) is 3.36. The Morgan fingerprint density at radius 1 is 1.32 bits per heavy atom. The summed E-state index contributed by atoms with van der Waals surface area (Å²) in [4.78, 5) is 25.5. The van der Waals surface area contributed by atoms with E-state index >= 15 is 0 Å². The van der Waals surface area contributed by atoms with Crippen LogP contribution in [0.2, 0.25) is 0 Å². The SMILES string of the molecule is Cc1nc(C(=O)N2CCCN(Cc3nccn3C)CC2)cs1. The fourth-order valence-corrected chi connectivity index (χ4v) is 3.29. The van der Waals surface area contributed by atoms with Crippen LogP contribution in [0.1, 0.15) is 27.7 Å². The zero-order valence-electron chi connectivity index (χ0n) is 13.0. The number of aryl methyl sites for hydroxylation is 2. The first-order valence-corrected chi connectivity index (χ1v) is 8.41. The summed E-state index contributed by atoms with van der Waals surface area (Å²) in [6.45, 7) is 6.18. The second-order valence-corrected chi connectivity index (χ2v) is 6.69. The molecule has 3 rings (SSSR count). The van der Waals surface area contributed by atoms with Gasteiger partial charge in [0.25, 0.3) is 5.91 Å². The van der Waals surface area contributed by atoms with Crippen LogP contribution in [0.5, 0.6) is 0 Å². The fraction of sp³-hybridized carbons (Fsp3) is 0.533. The molecule has 1 aliphatic rings. The quantitative estimate of drug-likeness (QED) is 0.861. The molecule has 0 bridgehead atoms. The third-order valence-corrected chi connectivity index (χ3v) is 4.77. The Balaban J connectivity index is 1.60. The summed E-state index contributed by atoms with van der Waals surface area (Å²) in [6.07, 6.45) is 4.78. The Labute approximate surface area is 134 Å². The normalized spacial score (nSPS) is 16.7. The van der Waals surface area contributed by atoms with Gasteiger partial charge in [-0.05, 0) is 13.3 Å². The molecule has 0 spiro atoms. The minimum atomic E-state index is 0.0585. The van der Waals surface area contributed by atoms with Crippen LogP contribution in [0.25, 0.3) is 0 Å². The summed E-state index contributed by atoms with van der Waals surface area (Å²) >= 11 is 1.53. The van der Waals surface area contributed by atoms with Gasteiger partial charge in [0.2, 0.25) is 0 Å². The van der Waals surface area contributed by atoms with Gasteiger partial charge in [0, 0.05) is 51.0 Å². The number of hydrogen-bond donors (Lipinski definition) is 0. The highest BCUT2D eigenvalue weighted by molar-refractivity contribution is 7.09. The van der Waals surface area contributed by atoms with Crippen molar-refractivity contribution >= 4 is 17.2 Å². The van der Waals surface area contributed by atoms with E-state index in [4.69, 9.17) is 0 Å². The van der Waals surface area contributed by atoms with E-state index < -0.39 is 0 Å². The maximum Gasteiger partial charge on any atom is 0.273 e. The average molecular weight is 319 g/mol. The largest absolute Gasteiger partial charge is 0.337 e. The molecule has 0 unspecified atom stereocenters. The zero-order valence-corrected chi connectivity index (χ0v) is 13.8. The number of nitrogens with zero attached hydrogens (tertiary/aromatic N) is 5. The highest BCUT2D eigenvalue weighted by atomic mass is 32.1. The van der Waals surface area contributed by atoms with Gasteiger partial charge in [-0.3, -0.25) is 9.69 Å². The number of carbonyl (C=O) groups is 1. The maximum absolute atomic E-state index is 12.5. The first-order valence-electron chi connectivity index (χ1n) is 7.53. The number of carbonyl (C=O) groups excluding carboxylic acids is 1. The molecule has 0 aliphatic carbocycles. The van der Waals surface area contributed by atoms with Crippen LogP contribution >= 0.6 is 11.3 Å². The van der Waals surface area contributed by atoms with Crippen LogP contribution in [0.15, 0.2) is 17.8 Å². The monoisotopic (exact) mass is 319 g/mol. The number of imidazole rings is 1. The lowest BCUT2D eigenvalue weighted by atomic mass is 10.3. The minimum absolute atomic E-state index is 0.0585. The molecule has 1 fully saturated rings. The van der Waals surface area contributed by atoms with Gasteiger partial charge in [-0.15, -0.1) is 11.3 Å². The summed E-state index contributed by atoms with van der Waals surface area (Å²) in [5, 5.41) is 2.79. The topological polar surface area (TPSA) is 54.3 Å². The summed E-state index contributed by atoms with van der Waals surface area (Å²) in [7, 11) is 2.01. The van der Waals surface area contributed by atoms with Crippen molar-refractivity contribution in [3.8, 4) is 0 Å². The van der Waals surface area contributed by atoms with E-state index in [2.05, 4.69) is 14.9 Å². The van der Waals surface area contributed by atoms with E-state index in [1.807, 2.05) is 41.2 Å². The fourth-order valence-electron chi connectivity index (χ4n) is 2.70. The molecular weight excluding hydrogens is 298 g/mol. The van der Waals surface area contributed by atoms with Crippen LogP contribution in [-0.2, 0) is 13.6 Å². The standard InChI is InChI=1S/C15H21N5OS/c1-12-17-13(11-22-12)15(21)20-6-3-5-19(8-9-20)10-14-16-4-7-18(14)2/h4,7,11H,3,5-6,8-10H2,1-2H3. The van der Waals surface area contributed by atoms with Gasteiger partial charge >= 0.3 is 0 Å². The van der Waals surface area contributed by atoms with Crippen LogP contribution in [0.3, 0.4) is 0 Å². The summed E-state index contributed by atoms with van der Waals surface area (Å²) in [5.74, 6) is 1.12. The van der Waals surface area contributed by atoms with Crippen molar-refractivity contribution in [3.63, 3.8) is 0 Å². The average Bonchev–Trinajstić information content (AvgIpc) is 3.02. The van der Waals surface area contributed by atoms with Crippen molar-refractivity contribution in [2.45, 2.75) is 19.9 Å². The van der Waals surface area contributed by atoms with E-state index in [0.29, 0.717) is 5.69 Å². The van der Waals surface area contributed by atoms with E-state index in [0.717, 1.165) is 50.0 Å². The van der Waals surface area contributed by atoms with Gasteiger partial charge in [-0.1, -0.05) is 0 Å². The molecule has 1 aliphatic heterocycles. The van der Waals surface area contributed by atoms with Crippen molar-refractivity contribution < 1.29 is 4.79 Å². The molecule has 118 valence electrons. The van der Waals surface area contributed by atoms with Crippen molar-refractivity contribution in [2.24, 2.45) is 7.05 Å². The predicted octanol–water partition coefficient (Wildman–Crippen LogP) is 1.53. The van der Waals surface area contributed by atoms with E-state index in [9.17, 15) is 4.79 Å². The second-order valence-electron chi connectivity index (χ2n) is 5.63. The molecule has 1 saturated heterocycles. The number of rotatable bonds is 3. The molecule has 1 amide bonds. The van der Waals surface area contributed by atoms with Gasteiger partial charge in [-0.2, -0.15) is 0 Å². The van der Waals surface area contributed by atoms with Crippen LogP contribution in [-0.4, -0.2) is 56.4 Å².